The van der Waals surface area contributed by atoms with Gasteiger partial charge in [0.15, 0.2) is 0 Å². The first-order valence-corrected chi connectivity index (χ1v) is 7.14. The Morgan fingerprint density at radius 1 is 0.542 bits per heavy atom. The molecule has 0 aliphatic heterocycles. The second-order valence-electron chi connectivity index (χ2n) is 5.13. The van der Waals surface area contributed by atoms with E-state index in [-0.39, 0.29) is 71.9 Å². The van der Waals surface area contributed by atoms with E-state index >= 15 is 0 Å². The smallest absolute Gasteiger partial charge is 0.0607 e. The Balaban J connectivity index is 0.000000960. The summed E-state index contributed by atoms with van der Waals surface area (Å²) in [5, 5.41) is 0. The highest BCUT2D eigenvalue weighted by Crippen LogP contribution is 2.34. The molecule has 0 bridgehead atoms. The monoisotopic (exact) mass is 653 g/mol. The number of aromatic nitrogens is 1. The van der Waals surface area contributed by atoms with Gasteiger partial charge in [0.05, 0.1) is 5.69 Å². The van der Waals surface area contributed by atoms with Crippen LogP contribution in [0.2, 0.25) is 0 Å². The van der Waals surface area contributed by atoms with Crippen molar-refractivity contribution in [3.8, 4) is 22.4 Å². The number of fused-ring (bicyclic) bond motifs is 1. The van der Waals surface area contributed by atoms with Crippen molar-refractivity contribution in [2.24, 2.45) is 0 Å². The largest absolute Gasteiger partial charge is 0.316 e. The molecule has 0 aliphatic carbocycles. The Hall–Kier alpha value is -0.610. The average molecular weight is 653 g/mol. The second-order valence-corrected chi connectivity index (χ2v) is 5.13. The third-order valence-corrected chi connectivity index (χ3v) is 3.81. The normalized spacial score (nSPS) is 9.50. The molecule has 4 aromatic rings. The predicted molar refractivity (Wildman–Crippen MR) is 135 cm³/mol. The highest BCUT2D eigenvalue weighted by molar-refractivity contribution is 14.0. The minimum absolute atomic E-state index is 0. The zero-order valence-electron chi connectivity index (χ0n) is 12.8. The summed E-state index contributed by atoms with van der Waals surface area (Å²) in [5.74, 6) is 0. The van der Waals surface area contributed by atoms with Gasteiger partial charge < -0.3 is 4.40 Å². The average Bonchev–Trinajstić information content (AvgIpc) is 2.96. The number of rotatable bonds is 2. The van der Waals surface area contributed by atoms with Gasteiger partial charge in [-0.25, -0.2) is 0 Å². The van der Waals surface area contributed by atoms with Gasteiger partial charge >= 0.3 is 0 Å². The quantitative estimate of drug-likeness (QED) is 0.203. The maximum Gasteiger partial charge on any atom is 0.0607 e. The van der Waals surface area contributed by atoms with Crippen LogP contribution in [0, 0.1) is 0 Å². The molecule has 0 spiro atoms. The molecule has 0 unspecified atom stereocenters. The summed E-state index contributed by atoms with van der Waals surface area (Å²) in [6.07, 6.45) is 2.13. The molecule has 0 N–H and O–H groups in total. The molecule has 24 heavy (non-hydrogen) atoms. The Bertz CT molecular complexity index is 887. The Labute approximate surface area is 193 Å². The van der Waals surface area contributed by atoms with Crippen LogP contribution in [0.4, 0.5) is 0 Å². The molecular weight excluding hydrogens is 635 g/mol. The van der Waals surface area contributed by atoms with E-state index in [1.807, 2.05) is 0 Å². The lowest BCUT2D eigenvalue weighted by Crippen LogP contribution is -1.88. The van der Waals surface area contributed by atoms with E-state index in [9.17, 15) is 0 Å². The van der Waals surface area contributed by atoms with Crippen LogP contribution in [0.1, 0.15) is 0 Å². The first kappa shape index (κ1) is 21.4. The van der Waals surface area contributed by atoms with Crippen molar-refractivity contribution in [2.45, 2.75) is 0 Å². The molecule has 0 radical (unpaired) electrons. The topological polar surface area (TPSA) is 4.41 Å². The molecule has 0 aliphatic rings. The van der Waals surface area contributed by atoms with Gasteiger partial charge in [0.25, 0.3) is 0 Å². The van der Waals surface area contributed by atoms with E-state index in [0.29, 0.717) is 0 Å². The maximum absolute atomic E-state index is 2.26. The molecule has 1 nitrogen and oxygen atoms in total. The van der Waals surface area contributed by atoms with Gasteiger partial charge in [-0.05, 0) is 29.3 Å². The Morgan fingerprint density at radius 2 is 1.08 bits per heavy atom. The van der Waals surface area contributed by atoms with Gasteiger partial charge in [-0.3, -0.25) is 0 Å². The lowest BCUT2D eigenvalue weighted by molar-refractivity contribution is 1.20. The first-order chi connectivity index (χ1) is 10.4. The number of nitrogens with zero attached hydrogens (tertiary/aromatic N) is 1. The Kier molecular flexibility index (Phi) is 8.72. The van der Waals surface area contributed by atoms with E-state index in [0.717, 1.165) is 0 Å². The van der Waals surface area contributed by atoms with E-state index in [1.165, 1.54) is 27.9 Å². The minimum atomic E-state index is 0. The first-order valence-electron chi connectivity index (χ1n) is 7.14. The molecule has 4 heteroatoms. The van der Waals surface area contributed by atoms with Crippen molar-refractivity contribution < 1.29 is 0 Å². The van der Waals surface area contributed by atoms with Crippen molar-refractivity contribution in [1.82, 2.24) is 4.40 Å². The van der Waals surface area contributed by atoms with Crippen molar-refractivity contribution >= 4 is 77.4 Å². The summed E-state index contributed by atoms with van der Waals surface area (Å²) in [5.41, 5.74) is 6.23. The van der Waals surface area contributed by atoms with E-state index in [4.69, 9.17) is 0 Å². The standard InChI is InChI=1S/C20H15N.3HI/c1-3-9-16(10-4-1)19-15-18-13-7-8-14-21(18)20(19)17-11-5-2-6-12-17;;;/h1-15H;3*1H. The summed E-state index contributed by atoms with van der Waals surface area (Å²) in [7, 11) is 0. The molecule has 0 atom stereocenters. The van der Waals surface area contributed by atoms with Gasteiger partial charge in [0, 0.05) is 17.3 Å². The van der Waals surface area contributed by atoms with E-state index in [1.54, 1.807) is 0 Å². The van der Waals surface area contributed by atoms with Gasteiger partial charge in [0.2, 0.25) is 0 Å². The van der Waals surface area contributed by atoms with Crippen LogP contribution in [-0.4, -0.2) is 4.40 Å². The van der Waals surface area contributed by atoms with Crippen molar-refractivity contribution in [1.29, 1.82) is 0 Å². The molecule has 0 fully saturated rings. The summed E-state index contributed by atoms with van der Waals surface area (Å²) in [4.78, 5) is 0. The molecular formula is C20H18I3N. The van der Waals surface area contributed by atoms with Crippen LogP contribution in [0.15, 0.2) is 91.1 Å². The number of hydrogen-bond acceptors (Lipinski definition) is 0. The Morgan fingerprint density at radius 3 is 1.71 bits per heavy atom. The zero-order valence-corrected chi connectivity index (χ0v) is 19.8. The molecule has 0 saturated carbocycles. The second kappa shape index (κ2) is 9.76. The molecule has 4 rings (SSSR count). The van der Waals surface area contributed by atoms with Crippen LogP contribution in [-0.2, 0) is 0 Å². The van der Waals surface area contributed by atoms with Crippen molar-refractivity contribution in [3.63, 3.8) is 0 Å². The number of hydrogen-bond donors (Lipinski definition) is 0. The number of benzene rings is 2. The lowest BCUT2D eigenvalue weighted by Gasteiger charge is -2.07. The van der Waals surface area contributed by atoms with Crippen LogP contribution in [0.3, 0.4) is 0 Å². The van der Waals surface area contributed by atoms with Crippen molar-refractivity contribution in [3.05, 3.63) is 91.1 Å². The van der Waals surface area contributed by atoms with E-state index < -0.39 is 0 Å². The summed E-state index contributed by atoms with van der Waals surface area (Å²) in [6, 6.07) is 29.7. The van der Waals surface area contributed by atoms with Gasteiger partial charge in [-0.2, -0.15) is 0 Å². The zero-order chi connectivity index (χ0) is 14.1. The molecule has 0 amide bonds. The maximum atomic E-state index is 2.26. The fraction of sp³-hybridized carbons (Fsp3) is 0. The van der Waals surface area contributed by atoms with Crippen molar-refractivity contribution in [2.75, 3.05) is 0 Å². The highest BCUT2D eigenvalue weighted by atomic mass is 127. The highest BCUT2D eigenvalue weighted by Gasteiger charge is 2.12. The SMILES string of the molecule is I.I.I.c1ccc(-c2cc3ccccn3c2-c2ccccc2)cc1. The van der Waals surface area contributed by atoms with Crippen LogP contribution in [0.25, 0.3) is 27.9 Å². The third-order valence-electron chi connectivity index (χ3n) is 3.81. The summed E-state index contributed by atoms with van der Waals surface area (Å²) < 4.78 is 2.26. The predicted octanol–water partition coefficient (Wildman–Crippen LogP) is 7.13. The fourth-order valence-electron chi connectivity index (χ4n) is 2.85. The van der Waals surface area contributed by atoms with E-state index in [2.05, 4.69) is 95.5 Å². The van der Waals surface area contributed by atoms with Crippen LogP contribution in [0.5, 0.6) is 0 Å². The van der Waals surface area contributed by atoms with Crippen LogP contribution >= 0.6 is 71.9 Å². The fourth-order valence-corrected chi connectivity index (χ4v) is 2.85. The van der Waals surface area contributed by atoms with Crippen LogP contribution < -0.4 is 0 Å². The summed E-state index contributed by atoms with van der Waals surface area (Å²) in [6.45, 7) is 0. The summed E-state index contributed by atoms with van der Waals surface area (Å²) >= 11 is 0. The number of halogens is 3. The number of pyridine rings is 1. The molecule has 0 saturated heterocycles. The molecule has 2 aromatic carbocycles. The molecule has 2 heterocycles. The third kappa shape index (κ3) is 4.13. The minimum Gasteiger partial charge on any atom is -0.316 e. The molecule has 124 valence electrons. The van der Waals surface area contributed by atoms with Gasteiger partial charge in [-0.15, -0.1) is 71.9 Å². The lowest BCUT2D eigenvalue weighted by atomic mass is 10.0. The molecule has 2 aromatic heterocycles. The van der Waals surface area contributed by atoms with Gasteiger partial charge in [0.1, 0.15) is 0 Å². The van der Waals surface area contributed by atoms with Gasteiger partial charge in [-0.1, -0.05) is 66.7 Å².